The van der Waals surface area contributed by atoms with Gasteiger partial charge < -0.3 is 0 Å². The van der Waals surface area contributed by atoms with Gasteiger partial charge in [-0.2, -0.15) is 9.61 Å². The van der Waals surface area contributed by atoms with Crippen LogP contribution >= 0.6 is 0 Å². The van der Waals surface area contributed by atoms with Gasteiger partial charge in [0, 0.05) is 5.56 Å². The molecule has 2 aromatic heterocycles. The Labute approximate surface area is 74.4 Å². The largest absolute Gasteiger partial charge is 0.349 e. The van der Waals surface area contributed by atoms with Crippen LogP contribution in [0.2, 0.25) is 0 Å². The second-order valence-electron chi connectivity index (χ2n) is 3.07. The molecule has 0 aliphatic rings. The van der Waals surface area contributed by atoms with Gasteiger partial charge in [-0.05, 0) is 20.8 Å². The summed E-state index contributed by atoms with van der Waals surface area (Å²) < 4.78 is 1.29. The summed E-state index contributed by atoms with van der Waals surface area (Å²) in [6.45, 7) is 5.52. The van der Waals surface area contributed by atoms with E-state index in [-0.39, 0.29) is 5.69 Å². The molecule has 0 aliphatic heterocycles. The summed E-state index contributed by atoms with van der Waals surface area (Å²) in [6.07, 6.45) is 0. The van der Waals surface area contributed by atoms with E-state index in [2.05, 4.69) is 15.1 Å². The molecule has 0 spiro atoms. The molecule has 0 unspecified atom stereocenters. The van der Waals surface area contributed by atoms with Gasteiger partial charge in [-0.25, -0.2) is 9.78 Å². The molecule has 5 heteroatoms. The Morgan fingerprint density at radius 3 is 2.69 bits per heavy atom. The van der Waals surface area contributed by atoms with Crippen molar-refractivity contribution in [2.45, 2.75) is 20.8 Å². The summed E-state index contributed by atoms with van der Waals surface area (Å²) in [5.41, 5.74) is 2.19. The molecule has 0 saturated heterocycles. The monoisotopic (exact) mass is 178 g/mol. The molecule has 2 aromatic rings. The average Bonchev–Trinajstić information content (AvgIpc) is 2.32. The average molecular weight is 178 g/mol. The van der Waals surface area contributed by atoms with Gasteiger partial charge in [0.1, 0.15) is 5.82 Å². The Hall–Kier alpha value is -1.65. The molecular weight excluding hydrogens is 168 g/mol. The lowest BCUT2D eigenvalue weighted by Gasteiger charge is -1.93. The molecule has 0 aliphatic carbocycles. The second kappa shape index (κ2) is 2.42. The third kappa shape index (κ3) is 1.04. The Bertz CT molecular complexity index is 523. The summed E-state index contributed by atoms with van der Waals surface area (Å²) >= 11 is 0. The van der Waals surface area contributed by atoms with Crippen LogP contribution in [0.3, 0.4) is 0 Å². The molecule has 5 nitrogen and oxygen atoms in total. The Morgan fingerprint density at radius 1 is 1.31 bits per heavy atom. The lowest BCUT2D eigenvalue weighted by molar-refractivity contribution is 0.810. The smallest absolute Gasteiger partial charge is 0.294 e. The van der Waals surface area contributed by atoms with Gasteiger partial charge in [-0.15, -0.1) is 0 Å². The highest BCUT2D eigenvalue weighted by Crippen LogP contribution is 2.08. The first-order valence-electron chi connectivity index (χ1n) is 4.02. The molecule has 0 fully saturated rings. The van der Waals surface area contributed by atoms with Gasteiger partial charge in [0.05, 0.1) is 5.69 Å². The molecular formula is C8H10N4O. The minimum atomic E-state index is -0.237. The van der Waals surface area contributed by atoms with Crippen molar-refractivity contribution >= 4 is 5.65 Å². The summed E-state index contributed by atoms with van der Waals surface area (Å²) in [7, 11) is 0. The third-order valence-electron chi connectivity index (χ3n) is 2.08. The maximum Gasteiger partial charge on any atom is 0.349 e. The molecule has 0 atom stereocenters. The van der Waals surface area contributed by atoms with E-state index >= 15 is 0 Å². The standard InChI is InChI=1S/C8H10N4O/c1-4-5(2)11-12-7(4)9-6(3)10-8(12)13/h1-3H3,(H,9,10,13). The van der Waals surface area contributed by atoms with Gasteiger partial charge in [-0.1, -0.05) is 0 Å². The van der Waals surface area contributed by atoms with Crippen LogP contribution in [0.1, 0.15) is 17.1 Å². The number of nitrogens with zero attached hydrogens (tertiary/aromatic N) is 3. The number of fused-ring (bicyclic) bond motifs is 1. The van der Waals surface area contributed by atoms with Crippen molar-refractivity contribution in [3.8, 4) is 0 Å². The summed E-state index contributed by atoms with van der Waals surface area (Å²) in [6, 6.07) is 0. The van der Waals surface area contributed by atoms with E-state index in [1.54, 1.807) is 6.92 Å². The van der Waals surface area contributed by atoms with Crippen LogP contribution in [0.25, 0.3) is 5.65 Å². The molecule has 1 N–H and O–H groups in total. The van der Waals surface area contributed by atoms with Crippen molar-refractivity contribution in [2.75, 3.05) is 0 Å². The highest BCUT2D eigenvalue weighted by atomic mass is 16.1. The Morgan fingerprint density at radius 2 is 2.00 bits per heavy atom. The van der Waals surface area contributed by atoms with Crippen molar-refractivity contribution in [3.63, 3.8) is 0 Å². The first kappa shape index (κ1) is 7.97. The molecule has 0 radical (unpaired) electrons. The molecule has 13 heavy (non-hydrogen) atoms. The number of hydrogen-bond acceptors (Lipinski definition) is 3. The lowest BCUT2D eigenvalue weighted by atomic mass is 10.3. The molecule has 0 aromatic carbocycles. The fourth-order valence-electron chi connectivity index (χ4n) is 1.26. The Kier molecular flexibility index (Phi) is 1.48. The fourth-order valence-corrected chi connectivity index (χ4v) is 1.26. The zero-order valence-corrected chi connectivity index (χ0v) is 7.75. The number of rotatable bonds is 0. The molecule has 68 valence electrons. The SMILES string of the molecule is Cc1nc2c(C)c(C)nn2c(=O)[nH]1. The van der Waals surface area contributed by atoms with E-state index in [0.717, 1.165) is 11.3 Å². The first-order valence-corrected chi connectivity index (χ1v) is 4.02. The Balaban J connectivity index is 3.03. The van der Waals surface area contributed by atoms with Crippen molar-refractivity contribution in [1.82, 2.24) is 19.6 Å². The number of aryl methyl sites for hydroxylation is 3. The van der Waals surface area contributed by atoms with Crippen LogP contribution in [-0.2, 0) is 0 Å². The number of nitrogens with one attached hydrogen (secondary N) is 1. The summed E-state index contributed by atoms with van der Waals surface area (Å²) in [4.78, 5) is 18.2. The normalized spacial score (nSPS) is 11.0. The van der Waals surface area contributed by atoms with Crippen molar-refractivity contribution in [2.24, 2.45) is 0 Å². The molecule has 0 bridgehead atoms. The van der Waals surface area contributed by atoms with E-state index in [0.29, 0.717) is 11.5 Å². The number of aromatic amines is 1. The van der Waals surface area contributed by atoms with Crippen molar-refractivity contribution < 1.29 is 0 Å². The number of aromatic nitrogens is 4. The third-order valence-corrected chi connectivity index (χ3v) is 2.08. The minimum Gasteiger partial charge on any atom is -0.294 e. The molecule has 2 heterocycles. The van der Waals surface area contributed by atoms with Gasteiger partial charge in [0.15, 0.2) is 5.65 Å². The van der Waals surface area contributed by atoms with Crippen LogP contribution in [0.5, 0.6) is 0 Å². The van der Waals surface area contributed by atoms with Crippen LogP contribution in [0, 0.1) is 20.8 Å². The molecule has 0 saturated carbocycles. The highest BCUT2D eigenvalue weighted by molar-refractivity contribution is 5.48. The molecule has 2 rings (SSSR count). The van der Waals surface area contributed by atoms with Crippen molar-refractivity contribution in [1.29, 1.82) is 0 Å². The van der Waals surface area contributed by atoms with Crippen LogP contribution in [-0.4, -0.2) is 19.6 Å². The van der Waals surface area contributed by atoms with Gasteiger partial charge in [0.25, 0.3) is 0 Å². The predicted molar refractivity (Wildman–Crippen MR) is 47.8 cm³/mol. The number of H-pyrrole nitrogens is 1. The topological polar surface area (TPSA) is 63.1 Å². The number of hydrogen-bond donors (Lipinski definition) is 1. The van der Waals surface area contributed by atoms with E-state index in [4.69, 9.17) is 0 Å². The highest BCUT2D eigenvalue weighted by Gasteiger charge is 2.08. The zero-order valence-electron chi connectivity index (χ0n) is 7.75. The van der Waals surface area contributed by atoms with E-state index in [1.165, 1.54) is 4.52 Å². The predicted octanol–water partition coefficient (Wildman–Crippen LogP) is 0.343. The molecule has 0 amide bonds. The summed E-state index contributed by atoms with van der Waals surface area (Å²) in [5, 5.41) is 4.06. The van der Waals surface area contributed by atoms with Crippen LogP contribution < -0.4 is 5.69 Å². The van der Waals surface area contributed by atoms with Crippen LogP contribution in [0.4, 0.5) is 0 Å². The van der Waals surface area contributed by atoms with Gasteiger partial charge in [-0.3, -0.25) is 4.98 Å². The quantitative estimate of drug-likeness (QED) is 0.632. The van der Waals surface area contributed by atoms with Crippen molar-refractivity contribution in [3.05, 3.63) is 27.6 Å². The van der Waals surface area contributed by atoms with E-state index in [1.807, 2.05) is 13.8 Å². The second-order valence-corrected chi connectivity index (χ2v) is 3.07. The maximum atomic E-state index is 11.4. The van der Waals surface area contributed by atoms with Crippen LogP contribution in [0.15, 0.2) is 4.79 Å². The van der Waals surface area contributed by atoms with Gasteiger partial charge >= 0.3 is 5.69 Å². The van der Waals surface area contributed by atoms with E-state index < -0.39 is 0 Å². The first-order chi connectivity index (χ1) is 6.09. The van der Waals surface area contributed by atoms with Gasteiger partial charge in [0.2, 0.25) is 0 Å². The zero-order chi connectivity index (χ0) is 9.59. The summed E-state index contributed by atoms with van der Waals surface area (Å²) in [5.74, 6) is 0.612. The minimum absolute atomic E-state index is 0.237. The van der Waals surface area contributed by atoms with E-state index in [9.17, 15) is 4.79 Å². The fraction of sp³-hybridized carbons (Fsp3) is 0.375. The lowest BCUT2D eigenvalue weighted by Crippen LogP contribution is -2.19. The maximum absolute atomic E-state index is 11.4.